The van der Waals surface area contributed by atoms with E-state index in [4.69, 9.17) is 5.73 Å². The number of rotatable bonds is 3. The molecule has 96 valence electrons. The van der Waals surface area contributed by atoms with Gasteiger partial charge in [-0.3, -0.25) is 4.79 Å². The molecule has 0 aromatic rings. The molecule has 3 N–H and O–H groups in total. The molecule has 0 aromatic carbocycles. The molecular formula is C12H21N3O2. The third-order valence-electron chi connectivity index (χ3n) is 3.62. The van der Waals surface area contributed by atoms with Crippen molar-refractivity contribution in [2.45, 2.75) is 38.6 Å². The summed E-state index contributed by atoms with van der Waals surface area (Å²) in [5.74, 6) is 1.29. The van der Waals surface area contributed by atoms with Crippen LogP contribution >= 0.6 is 0 Å². The average Bonchev–Trinajstić information content (AvgIpc) is 3.00. The molecule has 5 heteroatoms. The fourth-order valence-corrected chi connectivity index (χ4v) is 2.77. The van der Waals surface area contributed by atoms with E-state index >= 15 is 0 Å². The van der Waals surface area contributed by atoms with Crippen LogP contribution in [0.15, 0.2) is 0 Å². The van der Waals surface area contributed by atoms with Gasteiger partial charge in [0.1, 0.15) is 0 Å². The fourth-order valence-electron chi connectivity index (χ4n) is 2.77. The average molecular weight is 239 g/mol. The van der Waals surface area contributed by atoms with Crippen LogP contribution in [0.5, 0.6) is 0 Å². The number of likely N-dealkylation sites (tertiary alicyclic amines) is 1. The number of primary amides is 1. The number of nitrogens with one attached hydrogen (secondary N) is 1. The van der Waals surface area contributed by atoms with Crippen LogP contribution in [0.3, 0.4) is 0 Å². The SMILES string of the molecule is CC(=O)NC1CC(CC2CC2)CN(C(N)=O)C1. The Morgan fingerprint density at radius 1 is 1.29 bits per heavy atom. The van der Waals surface area contributed by atoms with E-state index in [1.54, 1.807) is 4.90 Å². The topological polar surface area (TPSA) is 75.4 Å². The van der Waals surface area contributed by atoms with Crippen LogP contribution in [0.1, 0.15) is 32.6 Å². The van der Waals surface area contributed by atoms with E-state index in [0.717, 1.165) is 18.9 Å². The van der Waals surface area contributed by atoms with Crippen LogP contribution in [0.2, 0.25) is 0 Å². The molecule has 0 bridgehead atoms. The highest BCUT2D eigenvalue weighted by Crippen LogP contribution is 2.37. The van der Waals surface area contributed by atoms with Gasteiger partial charge < -0.3 is 16.0 Å². The van der Waals surface area contributed by atoms with E-state index in [1.165, 1.54) is 26.2 Å². The number of hydrogen-bond acceptors (Lipinski definition) is 2. The summed E-state index contributed by atoms with van der Waals surface area (Å²) in [6, 6.07) is -0.307. The number of urea groups is 1. The summed E-state index contributed by atoms with van der Waals surface area (Å²) in [4.78, 5) is 24.0. The summed E-state index contributed by atoms with van der Waals surface area (Å²) in [6.45, 7) is 2.82. The summed E-state index contributed by atoms with van der Waals surface area (Å²) in [5.41, 5.74) is 5.34. The third-order valence-corrected chi connectivity index (χ3v) is 3.62. The Labute approximate surface area is 102 Å². The number of carbonyl (C=O) groups excluding carboxylic acids is 2. The van der Waals surface area contributed by atoms with Crippen LogP contribution in [0.25, 0.3) is 0 Å². The van der Waals surface area contributed by atoms with E-state index in [-0.39, 0.29) is 18.0 Å². The van der Waals surface area contributed by atoms with E-state index < -0.39 is 0 Å². The lowest BCUT2D eigenvalue weighted by Gasteiger charge is -2.37. The molecule has 1 aliphatic heterocycles. The molecule has 0 aromatic heterocycles. The smallest absolute Gasteiger partial charge is 0.314 e. The zero-order chi connectivity index (χ0) is 12.4. The molecule has 1 heterocycles. The van der Waals surface area contributed by atoms with Gasteiger partial charge in [-0.25, -0.2) is 4.79 Å². The first kappa shape index (κ1) is 12.2. The summed E-state index contributed by atoms with van der Waals surface area (Å²) < 4.78 is 0. The second-order valence-corrected chi connectivity index (χ2v) is 5.42. The number of carbonyl (C=O) groups is 2. The minimum atomic E-state index is -0.374. The van der Waals surface area contributed by atoms with Gasteiger partial charge in [0.25, 0.3) is 0 Å². The molecule has 1 saturated carbocycles. The number of amides is 3. The standard InChI is InChI=1S/C12H21N3O2/c1-8(16)14-11-5-10(4-9-2-3-9)6-15(7-11)12(13)17/h9-11H,2-7H2,1H3,(H2,13,17)(H,14,16). The monoisotopic (exact) mass is 239 g/mol. The Kier molecular flexibility index (Phi) is 3.54. The molecule has 2 atom stereocenters. The summed E-state index contributed by atoms with van der Waals surface area (Å²) in [7, 11) is 0. The van der Waals surface area contributed by atoms with E-state index in [1.807, 2.05) is 0 Å². The van der Waals surface area contributed by atoms with Gasteiger partial charge in [0, 0.05) is 26.1 Å². The highest BCUT2D eigenvalue weighted by atomic mass is 16.2. The van der Waals surface area contributed by atoms with Gasteiger partial charge >= 0.3 is 6.03 Å². The highest BCUT2D eigenvalue weighted by Gasteiger charge is 2.33. The maximum Gasteiger partial charge on any atom is 0.314 e. The second-order valence-electron chi connectivity index (χ2n) is 5.42. The Bertz CT molecular complexity index is 315. The van der Waals surface area contributed by atoms with Gasteiger partial charge in [0.15, 0.2) is 0 Å². The van der Waals surface area contributed by atoms with Gasteiger partial charge in [-0.05, 0) is 24.7 Å². The highest BCUT2D eigenvalue weighted by molar-refractivity contribution is 5.74. The molecular weight excluding hydrogens is 218 g/mol. The predicted octanol–water partition coefficient (Wildman–Crippen LogP) is 0.692. The van der Waals surface area contributed by atoms with Crippen molar-refractivity contribution in [2.24, 2.45) is 17.6 Å². The van der Waals surface area contributed by atoms with Crippen molar-refractivity contribution >= 4 is 11.9 Å². The molecule has 17 heavy (non-hydrogen) atoms. The van der Waals surface area contributed by atoms with Gasteiger partial charge in [-0.1, -0.05) is 12.8 Å². The van der Waals surface area contributed by atoms with Crippen LogP contribution in [-0.2, 0) is 4.79 Å². The van der Waals surface area contributed by atoms with E-state index in [0.29, 0.717) is 12.5 Å². The van der Waals surface area contributed by atoms with Gasteiger partial charge in [-0.2, -0.15) is 0 Å². The molecule has 1 saturated heterocycles. The summed E-state index contributed by atoms with van der Waals surface area (Å²) in [5, 5.41) is 2.90. The van der Waals surface area contributed by atoms with Crippen molar-refractivity contribution in [1.29, 1.82) is 0 Å². The predicted molar refractivity (Wildman–Crippen MR) is 64.2 cm³/mol. The Morgan fingerprint density at radius 3 is 2.53 bits per heavy atom. The lowest BCUT2D eigenvalue weighted by Crippen LogP contribution is -2.53. The lowest BCUT2D eigenvalue weighted by molar-refractivity contribution is -0.120. The Hall–Kier alpha value is -1.26. The zero-order valence-electron chi connectivity index (χ0n) is 10.3. The zero-order valence-corrected chi connectivity index (χ0v) is 10.3. The summed E-state index contributed by atoms with van der Waals surface area (Å²) in [6.07, 6.45) is 4.77. The Morgan fingerprint density at radius 2 is 2.00 bits per heavy atom. The molecule has 2 rings (SSSR count). The number of nitrogens with two attached hydrogens (primary N) is 1. The molecule has 3 amide bonds. The largest absolute Gasteiger partial charge is 0.352 e. The van der Waals surface area contributed by atoms with Gasteiger partial charge in [-0.15, -0.1) is 0 Å². The first-order chi connectivity index (χ1) is 8.04. The van der Waals surface area contributed by atoms with Gasteiger partial charge in [0.05, 0.1) is 0 Å². The minimum absolute atomic E-state index is 0.0357. The molecule has 2 aliphatic rings. The molecule has 0 spiro atoms. The molecule has 1 aliphatic carbocycles. The van der Waals surface area contributed by atoms with Crippen LogP contribution < -0.4 is 11.1 Å². The molecule has 5 nitrogen and oxygen atoms in total. The summed E-state index contributed by atoms with van der Waals surface area (Å²) >= 11 is 0. The third kappa shape index (κ3) is 3.61. The van der Waals surface area contributed by atoms with Crippen molar-refractivity contribution in [3.63, 3.8) is 0 Å². The number of nitrogens with zero attached hydrogens (tertiary/aromatic N) is 1. The first-order valence-electron chi connectivity index (χ1n) is 6.36. The van der Waals surface area contributed by atoms with Crippen molar-refractivity contribution in [3.05, 3.63) is 0 Å². The quantitative estimate of drug-likeness (QED) is 0.760. The minimum Gasteiger partial charge on any atom is -0.352 e. The fraction of sp³-hybridized carbons (Fsp3) is 0.833. The van der Waals surface area contributed by atoms with Crippen molar-refractivity contribution in [2.75, 3.05) is 13.1 Å². The second kappa shape index (κ2) is 4.94. The van der Waals surface area contributed by atoms with Crippen LogP contribution in [0, 0.1) is 11.8 Å². The normalized spacial score (nSPS) is 28.9. The number of piperidine rings is 1. The van der Waals surface area contributed by atoms with Gasteiger partial charge in [0.2, 0.25) is 5.91 Å². The molecule has 0 radical (unpaired) electrons. The lowest BCUT2D eigenvalue weighted by atomic mass is 9.90. The van der Waals surface area contributed by atoms with Crippen molar-refractivity contribution in [3.8, 4) is 0 Å². The maximum atomic E-state index is 11.3. The first-order valence-corrected chi connectivity index (χ1v) is 6.36. The number of hydrogen-bond donors (Lipinski definition) is 2. The van der Waals surface area contributed by atoms with Crippen LogP contribution in [0.4, 0.5) is 4.79 Å². The maximum absolute atomic E-state index is 11.3. The van der Waals surface area contributed by atoms with Crippen molar-refractivity contribution < 1.29 is 9.59 Å². The molecule has 2 fully saturated rings. The van der Waals surface area contributed by atoms with Crippen molar-refractivity contribution in [1.82, 2.24) is 10.2 Å². The Balaban J connectivity index is 1.92. The van der Waals surface area contributed by atoms with E-state index in [9.17, 15) is 9.59 Å². The van der Waals surface area contributed by atoms with E-state index in [2.05, 4.69) is 5.32 Å². The molecule has 2 unspecified atom stereocenters. The van der Waals surface area contributed by atoms with Crippen LogP contribution in [-0.4, -0.2) is 36.0 Å².